The highest BCUT2D eigenvalue weighted by Crippen LogP contribution is 2.29. The van der Waals surface area contributed by atoms with Crippen molar-refractivity contribution in [3.05, 3.63) is 39.5 Å². The number of anilines is 1. The van der Waals surface area contributed by atoms with E-state index in [2.05, 4.69) is 16.0 Å². The minimum Gasteiger partial charge on any atom is -0.463 e. The molecule has 8 nitrogen and oxygen atoms in total. The van der Waals surface area contributed by atoms with Crippen molar-refractivity contribution in [2.24, 2.45) is 0 Å². The number of rotatable bonds is 7. The number of carbonyl (C=O) groups is 3. The van der Waals surface area contributed by atoms with Gasteiger partial charge in [0.1, 0.15) is 6.54 Å². The maximum absolute atomic E-state index is 12.3. The molecular weight excluding hydrogens is 395 g/mol. The van der Waals surface area contributed by atoms with E-state index in [1.165, 1.54) is 0 Å². The zero-order chi connectivity index (χ0) is 20.0. The van der Waals surface area contributed by atoms with Gasteiger partial charge in [-0.25, -0.2) is 9.59 Å². The van der Waals surface area contributed by atoms with Crippen LogP contribution in [0.1, 0.15) is 6.92 Å². The molecule has 2 rings (SSSR count). The second-order valence-electron chi connectivity index (χ2n) is 5.94. The van der Waals surface area contributed by atoms with Crippen LogP contribution in [0.4, 0.5) is 10.5 Å². The van der Waals surface area contributed by atoms with Crippen LogP contribution >= 0.6 is 23.2 Å². The van der Waals surface area contributed by atoms with E-state index in [4.69, 9.17) is 27.9 Å². The zero-order valence-electron chi connectivity index (χ0n) is 14.9. The van der Waals surface area contributed by atoms with E-state index in [1.54, 1.807) is 32.2 Å². The third-order valence-electron chi connectivity index (χ3n) is 3.74. The van der Waals surface area contributed by atoms with Gasteiger partial charge in [-0.2, -0.15) is 0 Å². The lowest BCUT2D eigenvalue weighted by Crippen LogP contribution is -3.10. The summed E-state index contributed by atoms with van der Waals surface area (Å²) in [4.78, 5) is 36.7. The first kappa shape index (κ1) is 21.0. The molecule has 0 radical (unpaired) electrons. The Balaban J connectivity index is 2.04. The first-order valence-corrected chi connectivity index (χ1v) is 9.06. The molecule has 10 heteroatoms. The standard InChI is InChI=1S/C17H20Cl2N4O4/c1-3-27-16(25)10-7-20-17(26)21-13(10)8-23(2)9-14(24)22-15-11(18)5-4-6-12(15)19/h4-6H,3,7-9H2,1-2H3,(H,22,24)(H2,20,21,26)/p+1. The molecule has 146 valence electrons. The molecular formula is C17H21Cl2N4O4+. The summed E-state index contributed by atoms with van der Waals surface area (Å²) in [6.45, 7) is 2.34. The van der Waals surface area contributed by atoms with Gasteiger partial charge < -0.3 is 25.6 Å². The summed E-state index contributed by atoms with van der Waals surface area (Å²) in [6.07, 6.45) is 0. The summed E-state index contributed by atoms with van der Waals surface area (Å²) >= 11 is 12.1. The van der Waals surface area contributed by atoms with Crippen LogP contribution in [0.25, 0.3) is 0 Å². The lowest BCUT2D eigenvalue weighted by molar-refractivity contribution is -0.866. The third-order valence-corrected chi connectivity index (χ3v) is 4.37. The first-order valence-electron chi connectivity index (χ1n) is 8.31. The van der Waals surface area contributed by atoms with Crippen molar-refractivity contribution >= 4 is 46.8 Å². The largest absolute Gasteiger partial charge is 0.463 e. The van der Waals surface area contributed by atoms with Gasteiger partial charge in [-0.05, 0) is 19.1 Å². The van der Waals surface area contributed by atoms with Gasteiger partial charge in [0.05, 0.1) is 47.2 Å². The highest BCUT2D eigenvalue weighted by molar-refractivity contribution is 6.39. The highest BCUT2D eigenvalue weighted by atomic mass is 35.5. The Morgan fingerprint density at radius 3 is 2.59 bits per heavy atom. The fourth-order valence-electron chi connectivity index (χ4n) is 2.54. The number of hydrogen-bond donors (Lipinski definition) is 4. The number of para-hydroxylation sites is 1. The maximum atomic E-state index is 12.3. The molecule has 27 heavy (non-hydrogen) atoms. The molecule has 1 aliphatic rings. The van der Waals surface area contributed by atoms with Gasteiger partial charge in [0.15, 0.2) is 6.54 Å². The number of quaternary nitrogens is 1. The first-order chi connectivity index (χ1) is 12.8. The van der Waals surface area contributed by atoms with Gasteiger partial charge in [-0.1, -0.05) is 29.3 Å². The molecule has 1 heterocycles. The highest BCUT2D eigenvalue weighted by Gasteiger charge is 2.26. The molecule has 0 saturated heterocycles. The van der Waals surface area contributed by atoms with Crippen LogP contribution in [0.5, 0.6) is 0 Å². The van der Waals surface area contributed by atoms with Crippen molar-refractivity contribution in [3.8, 4) is 0 Å². The molecule has 0 aliphatic carbocycles. The van der Waals surface area contributed by atoms with Gasteiger partial charge >= 0.3 is 12.0 Å². The molecule has 0 spiro atoms. The number of benzene rings is 1. The zero-order valence-corrected chi connectivity index (χ0v) is 16.5. The van der Waals surface area contributed by atoms with Gasteiger partial charge in [0.25, 0.3) is 5.91 Å². The average molecular weight is 416 g/mol. The molecule has 0 aromatic heterocycles. The Morgan fingerprint density at radius 1 is 1.30 bits per heavy atom. The molecule has 1 unspecified atom stereocenters. The van der Waals surface area contributed by atoms with Crippen LogP contribution in [-0.2, 0) is 14.3 Å². The summed E-state index contributed by atoms with van der Waals surface area (Å²) in [6, 6.07) is 4.53. The third kappa shape index (κ3) is 5.85. The van der Waals surface area contributed by atoms with E-state index in [1.807, 2.05) is 0 Å². The summed E-state index contributed by atoms with van der Waals surface area (Å²) in [5, 5.41) is 8.50. The molecule has 0 fully saturated rings. The fourth-order valence-corrected chi connectivity index (χ4v) is 3.03. The maximum Gasteiger partial charge on any atom is 0.337 e. The van der Waals surface area contributed by atoms with Crippen LogP contribution < -0.4 is 20.9 Å². The predicted octanol–water partition coefficient (Wildman–Crippen LogP) is 0.577. The molecule has 4 N–H and O–H groups in total. The number of urea groups is 1. The van der Waals surface area contributed by atoms with Gasteiger partial charge in [-0.3, -0.25) is 4.79 Å². The van der Waals surface area contributed by atoms with Crippen LogP contribution in [0, 0.1) is 0 Å². The Bertz CT molecular complexity index is 762. The van der Waals surface area contributed by atoms with Crippen molar-refractivity contribution in [3.63, 3.8) is 0 Å². The number of hydrogen-bond acceptors (Lipinski definition) is 4. The Labute approximate surface area is 166 Å². The van der Waals surface area contributed by atoms with Gasteiger partial charge in [-0.15, -0.1) is 0 Å². The van der Waals surface area contributed by atoms with E-state index >= 15 is 0 Å². The minimum absolute atomic E-state index is 0.0739. The summed E-state index contributed by atoms with van der Waals surface area (Å²) in [5.74, 6) is -0.804. The normalized spacial score (nSPS) is 14.9. The number of amides is 3. The van der Waals surface area contributed by atoms with Crippen LogP contribution in [0.2, 0.25) is 10.0 Å². The van der Waals surface area contributed by atoms with E-state index < -0.39 is 12.0 Å². The Hall–Kier alpha value is -2.29. The molecule has 0 saturated carbocycles. The quantitative estimate of drug-likeness (QED) is 0.489. The molecule has 1 aromatic rings. The van der Waals surface area contributed by atoms with Gasteiger partial charge in [0, 0.05) is 0 Å². The predicted molar refractivity (Wildman–Crippen MR) is 102 cm³/mol. The second kappa shape index (κ2) is 9.59. The van der Waals surface area contributed by atoms with Crippen LogP contribution in [0.3, 0.4) is 0 Å². The molecule has 1 aromatic carbocycles. The minimum atomic E-state index is -0.500. The van der Waals surface area contributed by atoms with Crippen molar-refractivity contribution < 1.29 is 24.0 Å². The number of likely N-dealkylation sites (N-methyl/N-ethyl adjacent to an activating group) is 1. The molecule has 1 aliphatic heterocycles. The lowest BCUT2D eigenvalue weighted by Gasteiger charge is -2.23. The SMILES string of the molecule is CCOC(=O)C1=C(C[NH+](C)CC(=O)Nc2c(Cl)cccc2Cl)NC(=O)NC1. The topological polar surface area (TPSA) is 101 Å². The van der Waals surface area contributed by atoms with E-state index in [0.717, 1.165) is 4.90 Å². The van der Waals surface area contributed by atoms with Crippen LogP contribution in [-0.4, -0.2) is 51.2 Å². The second-order valence-corrected chi connectivity index (χ2v) is 6.76. The van der Waals surface area contributed by atoms with Crippen LogP contribution in [0.15, 0.2) is 29.5 Å². The van der Waals surface area contributed by atoms with E-state index in [-0.39, 0.29) is 32.1 Å². The number of ether oxygens (including phenoxy) is 1. The molecule has 1 atom stereocenters. The van der Waals surface area contributed by atoms with Gasteiger partial charge in [0.2, 0.25) is 0 Å². The smallest absolute Gasteiger partial charge is 0.337 e. The van der Waals surface area contributed by atoms with Crippen molar-refractivity contribution in [2.45, 2.75) is 6.92 Å². The monoisotopic (exact) mass is 415 g/mol. The Kier molecular flexibility index (Phi) is 7.46. The summed E-state index contributed by atoms with van der Waals surface area (Å²) < 4.78 is 5.01. The van der Waals surface area contributed by atoms with Crippen molar-refractivity contribution in [1.82, 2.24) is 10.6 Å². The molecule has 3 amide bonds. The van der Waals surface area contributed by atoms with Crippen molar-refractivity contribution in [2.75, 3.05) is 38.6 Å². The number of nitrogens with one attached hydrogen (secondary N) is 4. The number of halogens is 2. The fraction of sp³-hybridized carbons (Fsp3) is 0.353. The van der Waals surface area contributed by atoms with Crippen molar-refractivity contribution in [1.29, 1.82) is 0 Å². The molecule has 0 bridgehead atoms. The number of esters is 1. The summed E-state index contributed by atoms with van der Waals surface area (Å²) in [5.41, 5.74) is 1.11. The lowest BCUT2D eigenvalue weighted by atomic mass is 10.1. The van der Waals surface area contributed by atoms with E-state index in [9.17, 15) is 14.4 Å². The summed E-state index contributed by atoms with van der Waals surface area (Å²) in [7, 11) is 1.76. The van der Waals surface area contributed by atoms with E-state index in [0.29, 0.717) is 27.0 Å². The Morgan fingerprint density at radius 2 is 1.96 bits per heavy atom. The average Bonchev–Trinajstić information content (AvgIpc) is 2.58. The number of carbonyl (C=O) groups excluding carboxylic acids is 3.